The van der Waals surface area contributed by atoms with Crippen LogP contribution in [0.15, 0.2) is 24.3 Å². The van der Waals surface area contributed by atoms with Crippen LogP contribution in [-0.4, -0.2) is 17.8 Å². The van der Waals surface area contributed by atoms with E-state index in [4.69, 9.17) is 4.74 Å². The molecular weight excluding hydrogens is 320 g/mol. The van der Waals surface area contributed by atoms with Gasteiger partial charge in [0.25, 0.3) is 0 Å². The largest absolute Gasteiger partial charge is 0.496 e. The molecule has 0 saturated heterocycles. The molecule has 0 N–H and O–H groups in total. The van der Waals surface area contributed by atoms with Crippen molar-refractivity contribution in [2.24, 2.45) is 5.41 Å². The molecule has 1 aromatic rings. The van der Waals surface area contributed by atoms with Crippen LogP contribution < -0.4 is 4.74 Å². The van der Waals surface area contributed by atoms with Crippen molar-refractivity contribution in [1.82, 2.24) is 0 Å². The Morgan fingerprint density at radius 3 is 2.33 bits per heavy atom. The number of benzene rings is 1. The van der Waals surface area contributed by atoms with Gasteiger partial charge in [-0.15, -0.1) is 0 Å². The molecule has 1 aromatic carbocycles. The fraction of sp³-hybridized carbons (Fsp3) is 0.500. The summed E-state index contributed by atoms with van der Waals surface area (Å²) < 4.78 is 5.35. The fourth-order valence-electron chi connectivity index (χ4n) is 1.44. The van der Waals surface area contributed by atoms with E-state index in [0.717, 1.165) is 22.8 Å². The van der Waals surface area contributed by atoms with Gasteiger partial charge in [-0.2, -0.15) is 0 Å². The highest BCUT2D eigenvalue weighted by Crippen LogP contribution is 2.31. The van der Waals surface area contributed by atoms with Crippen molar-refractivity contribution in [3.63, 3.8) is 0 Å². The van der Waals surface area contributed by atoms with Gasteiger partial charge >= 0.3 is 0 Å². The first kappa shape index (κ1) is 13.0. The SMILES string of the molecule is COc1ccccc1CC(C)(CBr)CBr. The van der Waals surface area contributed by atoms with Gasteiger partial charge in [0, 0.05) is 10.7 Å². The molecule has 0 atom stereocenters. The number of para-hydroxylation sites is 1. The highest BCUT2D eigenvalue weighted by Gasteiger charge is 2.23. The number of halogens is 2. The van der Waals surface area contributed by atoms with Crippen molar-refractivity contribution < 1.29 is 4.74 Å². The predicted octanol–water partition coefficient (Wildman–Crippen LogP) is 4.03. The van der Waals surface area contributed by atoms with Crippen LogP contribution in [0.4, 0.5) is 0 Å². The van der Waals surface area contributed by atoms with Gasteiger partial charge in [-0.05, 0) is 23.5 Å². The average Bonchev–Trinajstić information content (AvgIpc) is 2.29. The van der Waals surface area contributed by atoms with Gasteiger partial charge < -0.3 is 4.74 Å². The van der Waals surface area contributed by atoms with Gasteiger partial charge in [-0.3, -0.25) is 0 Å². The van der Waals surface area contributed by atoms with Crippen molar-refractivity contribution in [1.29, 1.82) is 0 Å². The summed E-state index contributed by atoms with van der Waals surface area (Å²) in [4.78, 5) is 0. The van der Waals surface area contributed by atoms with Crippen LogP contribution in [0.3, 0.4) is 0 Å². The summed E-state index contributed by atoms with van der Waals surface area (Å²) in [6, 6.07) is 8.20. The minimum absolute atomic E-state index is 0.231. The maximum atomic E-state index is 5.35. The smallest absolute Gasteiger partial charge is 0.122 e. The van der Waals surface area contributed by atoms with E-state index in [2.05, 4.69) is 50.9 Å². The summed E-state index contributed by atoms with van der Waals surface area (Å²) in [5.74, 6) is 0.977. The molecule has 0 spiro atoms. The number of alkyl halides is 2. The average molecular weight is 336 g/mol. The molecule has 15 heavy (non-hydrogen) atoms. The Hall–Kier alpha value is -0.0200. The summed E-state index contributed by atoms with van der Waals surface area (Å²) >= 11 is 7.13. The van der Waals surface area contributed by atoms with Gasteiger partial charge in [0.1, 0.15) is 5.75 Å². The molecule has 84 valence electrons. The molecule has 0 aliphatic heterocycles. The molecule has 1 nitrogen and oxygen atoms in total. The van der Waals surface area contributed by atoms with Crippen LogP contribution in [0.5, 0.6) is 5.75 Å². The molecule has 0 amide bonds. The van der Waals surface area contributed by atoms with Crippen molar-refractivity contribution in [2.75, 3.05) is 17.8 Å². The van der Waals surface area contributed by atoms with Crippen LogP contribution in [-0.2, 0) is 6.42 Å². The molecule has 0 aliphatic rings. The van der Waals surface area contributed by atoms with E-state index in [-0.39, 0.29) is 5.41 Å². The summed E-state index contributed by atoms with van der Waals surface area (Å²) in [6.07, 6.45) is 1.01. The Kier molecular flexibility index (Phi) is 5.13. The monoisotopic (exact) mass is 334 g/mol. The van der Waals surface area contributed by atoms with E-state index in [1.165, 1.54) is 5.56 Å². The third-order valence-electron chi connectivity index (χ3n) is 2.45. The second-order valence-electron chi connectivity index (χ2n) is 4.07. The lowest BCUT2D eigenvalue weighted by molar-refractivity contribution is 0.389. The van der Waals surface area contributed by atoms with Crippen LogP contribution in [0, 0.1) is 5.41 Å². The molecule has 0 fully saturated rings. The van der Waals surface area contributed by atoms with Gasteiger partial charge in [-0.1, -0.05) is 57.0 Å². The Morgan fingerprint density at radius 2 is 1.80 bits per heavy atom. The Morgan fingerprint density at radius 1 is 1.20 bits per heavy atom. The first-order chi connectivity index (χ1) is 7.15. The second-order valence-corrected chi connectivity index (χ2v) is 5.19. The number of ether oxygens (including phenoxy) is 1. The molecule has 0 saturated carbocycles. The lowest BCUT2D eigenvalue weighted by atomic mass is 9.87. The third kappa shape index (κ3) is 3.49. The molecular formula is C12H16Br2O. The normalized spacial score (nSPS) is 11.5. The second kappa shape index (κ2) is 5.90. The van der Waals surface area contributed by atoms with Gasteiger partial charge in [-0.25, -0.2) is 0 Å². The van der Waals surface area contributed by atoms with Crippen LogP contribution in [0.1, 0.15) is 12.5 Å². The minimum atomic E-state index is 0.231. The summed E-state index contributed by atoms with van der Waals surface area (Å²) in [6.45, 7) is 2.25. The topological polar surface area (TPSA) is 9.23 Å². The van der Waals surface area contributed by atoms with E-state index >= 15 is 0 Å². The summed E-state index contributed by atoms with van der Waals surface area (Å²) in [5.41, 5.74) is 1.50. The number of methoxy groups -OCH3 is 1. The van der Waals surface area contributed by atoms with E-state index in [0.29, 0.717) is 0 Å². The number of hydrogen-bond donors (Lipinski definition) is 0. The molecule has 0 radical (unpaired) electrons. The van der Waals surface area contributed by atoms with E-state index < -0.39 is 0 Å². The highest BCUT2D eigenvalue weighted by molar-refractivity contribution is 9.09. The molecule has 1 rings (SSSR count). The van der Waals surface area contributed by atoms with E-state index in [9.17, 15) is 0 Å². The van der Waals surface area contributed by atoms with Crippen molar-refractivity contribution in [2.45, 2.75) is 13.3 Å². The number of rotatable bonds is 5. The van der Waals surface area contributed by atoms with Crippen LogP contribution in [0.2, 0.25) is 0 Å². The zero-order chi connectivity index (χ0) is 11.3. The molecule has 0 heterocycles. The van der Waals surface area contributed by atoms with Gasteiger partial charge in [0.2, 0.25) is 0 Å². The quantitative estimate of drug-likeness (QED) is 0.738. The fourth-order valence-corrected chi connectivity index (χ4v) is 2.76. The Labute approximate surface area is 108 Å². The highest BCUT2D eigenvalue weighted by atomic mass is 79.9. The first-order valence-electron chi connectivity index (χ1n) is 4.89. The van der Waals surface area contributed by atoms with Crippen LogP contribution in [0.25, 0.3) is 0 Å². The molecule has 0 unspecified atom stereocenters. The van der Waals surface area contributed by atoms with Gasteiger partial charge in [0.15, 0.2) is 0 Å². The maximum absolute atomic E-state index is 5.35. The molecule has 0 aromatic heterocycles. The van der Waals surface area contributed by atoms with Crippen molar-refractivity contribution >= 4 is 31.9 Å². The van der Waals surface area contributed by atoms with E-state index in [1.807, 2.05) is 12.1 Å². The van der Waals surface area contributed by atoms with Crippen LogP contribution >= 0.6 is 31.9 Å². The number of hydrogen-bond acceptors (Lipinski definition) is 1. The molecule has 0 bridgehead atoms. The Bertz CT molecular complexity index is 308. The third-order valence-corrected chi connectivity index (χ3v) is 5.16. The molecule has 3 heteroatoms. The standard InChI is InChI=1S/C12H16Br2O/c1-12(8-13,9-14)7-10-5-3-4-6-11(10)15-2/h3-6H,7-9H2,1-2H3. The van der Waals surface area contributed by atoms with Crippen molar-refractivity contribution in [3.05, 3.63) is 29.8 Å². The van der Waals surface area contributed by atoms with E-state index in [1.54, 1.807) is 7.11 Å². The Balaban J connectivity index is 2.87. The van der Waals surface area contributed by atoms with Crippen molar-refractivity contribution in [3.8, 4) is 5.75 Å². The minimum Gasteiger partial charge on any atom is -0.496 e. The zero-order valence-corrected chi connectivity index (χ0v) is 12.3. The lowest BCUT2D eigenvalue weighted by Gasteiger charge is -2.25. The zero-order valence-electron chi connectivity index (χ0n) is 9.09. The van der Waals surface area contributed by atoms with Gasteiger partial charge in [0.05, 0.1) is 7.11 Å². The maximum Gasteiger partial charge on any atom is 0.122 e. The summed E-state index contributed by atoms with van der Waals surface area (Å²) in [5, 5.41) is 1.95. The summed E-state index contributed by atoms with van der Waals surface area (Å²) in [7, 11) is 1.72. The lowest BCUT2D eigenvalue weighted by Crippen LogP contribution is -2.23. The predicted molar refractivity (Wildman–Crippen MR) is 72.4 cm³/mol. The first-order valence-corrected chi connectivity index (χ1v) is 7.13. The molecule has 0 aliphatic carbocycles.